The van der Waals surface area contributed by atoms with Crippen LogP contribution in [0.15, 0.2) is 6.07 Å². The van der Waals surface area contributed by atoms with Crippen LogP contribution in [-0.4, -0.2) is 55.5 Å². The molecular weight excluding hydrogens is 367 g/mol. The SMILES string of the molecule is CCOP(=O)(Cc1nc(NC2CCOCC2)cc(N2CCCC2)n1)OCC. The first kappa shape index (κ1) is 20.5. The maximum absolute atomic E-state index is 12.9. The summed E-state index contributed by atoms with van der Waals surface area (Å²) in [5.41, 5.74) is 0. The van der Waals surface area contributed by atoms with Crippen molar-refractivity contribution in [2.45, 2.75) is 51.7 Å². The van der Waals surface area contributed by atoms with Crippen molar-refractivity contribution in [3.8, 4) is 0 Å². The van der Waals surface area contributed by atoms with Crippen LogP contribution >= 0.6 is 7.60 Å². The van der Waals surface area contributed by atoms with Gasteiger partial charge >= 0.3 is 7.60 Å². The number of anilines is 2. The van der Waals surface area contributed by atoms with Gasteiger partial charge in [0.1, 0.15) is 23.6 Å². The van der Waals surface area contributed by atoms with E-state index < -0.39 is 7.60 Å². The van der Waals surface area contributed by atoms with Gasteiger partial charge in [-0.3, -0.25) is 4.57 Å². The Hall–Kier alpha value is -1.21. The minimum atomic E-state index is -3.25. The van der Waals surface area contributed by atoms with Crippen molar-refractivity contribution < 1.29 is 18.3 Å². The smallest absolute Gasteiger partial charge is 0.338 e. The summed E-state index contributed by atoms with van der Waals surface area (Å²) in [7, 11) is -3.25. The van der Waals surface area contributed by atoms with Gasteiger partial charge in [0.2, 0.25) is 0 Å². The number of aromatic nitrogens is 2. The number of nitrogens with one attached hydrogen (secondary N) is 1. The highest BCUT2D eigenvalue weighted by molar-refractivity contribution is 7.53. The molecule has 0 aromatic carbocycles. The second-order valence-electron chi connectivity index (χ2n) is 6.86. The second-order valence-corrected chi connectivity index (χ2v) is 8.91. The molecule has 0 atom stereocenters. The molecule has 1 aromatic heterocycles. The fourth-order valence-corrected chi connectivity index (χ4v) is 5.01. The molecule has 1 N–H and O–H groups in total. The first-order valence-electron chi connectivity index (χ1n) is 9.97. The lowest BCUT2D eigenvalue weighted by Gasteiger charge is -2.25. The summed E-state index contributed by atoms with van der Waals surface area (Å²) >= 11 is 0. The molecule has 8 nitrogen and oxygen atoms in total. The van der Waals surface area contributed by atoms with Gasteiger partial charge in [0.25, 0.3) is 0 Å². The fourth-order valence-electron chi connectivity index (χ4n) is 3.48. The van der Waals surface area contributed by atoms with Crippen LogP contribution in [0, 0.1) is 0 Å². The zero-order valence-corrected chi connectivity index (χ0v) is 17.2. The topological polar surface area (TPSA) is 85.8 Å². The molecule has 2 aliphatic heterocycles. The summed E-state index contributed by atoms with van der Waals surface area (Å²) in [6, 6.07) is 2.33. The molecule has 2 saturated heterocycles. The van der Waals surface area contributed by atoms with Crippen molar-refractivity contribution >= 4 is 19.2 Å². The lowest BCUT2D eigenvalue weighted by molar-refractivity contribution is 0.0904. The molecule has 152 valence electrons. The van der Waals surface area contributed by atoms with Gasteiger partial charge in [0, 0.05) is 38.4 Å². The minimum Gasteiger partial charge on any atom is -0.381 e. The van der Waals surface area contributed by atoms with Crippen LogP contribution in [-0.2, 0) is 24.5 Å². The van der Waals surface area contributed by atoms with E-state index in [2.05, 4.69) is 20.2 Å². The van der Waals surface area contributed by atoms with Crippen LogP contribution in [0.3, 0.4) is 0 Å². The number of nitrogens with zero attached hydrogens (tertiary/aromatic N) is 3. The zero-order valence-electron chi connectivity index (χ0n) is 16.4. The van der Waals surface area contributed by atoms with Crippen LogP contribution in [0.5, 0.6) is 0 Å². The maximum atomic E-state index is 12.9. The highest BCUT2D eigenvalue weighted by Gasteiger charge is 2.27. The second kappa shape index (κ2) is 9.82. The van der Waals surface area contributed by atoms with E-state index in [9.17, 15) is 4.57 Å². The van der Waals surface area contributed by atoms with E-state index in [0.717, 1.165) is 50.8 Å². The van der Waals surface area contributed by atoms with Crippen molar-refractivity contribution in [3.63, 3.8) is 0 Å². The molecule has 0 bridgehead atoms. The zero-order chi connectivity index (χ0) is 19.1. The summed E-state index contributed by atoms with van der Waals surface area (Å²) in [5.74, 6) is 2.15. The lowest BCUT2D eigenvalue weighted by atomic mass is 10.1. The van der Waals surface area contributed by atoms with Gasteiger partial charge in [-0.05, 0) is 39.5 Å². The molecular formula is C18H31N4O4P. The molecule has 2 fully saturated rings. The van der Waals surface area contributed by atoms with Gasteiger partial charge in [-0.2, -0.15) is 0 Å². The van der Waals surface area contributed by atoms with Gasteiger partial charge in [-0.15, -0.1) is 0 Å². The van der Waals surface area contributed by atoms with Gasteiger partial charge in [0.05, 0.1) is 13.2 Å². The lowest BCUT2D eigenvalue weighted by Crippen LogP contribution is -2.29. The molecule has 0 radical (unpaired) electrons. The molecule has 0 amide bonds. The summed E-state index contributed by atoms with van der Waals surface area (Å²) in [5, 5.41) is 3.51. The Morgan fingerprint density at radius 2 is 1.85 bits per heavy atom. The van der Waals surface area contributed by atoms with Gasteiger partial charge in [0.15, 0.2) is 0 Å². The Bertz CT molecular complexity index is 638. The molecule has 3 heterocycles. The van der Waals surface area contributed by atoms with Crippen molar-refractivity contribution in [2.24, 2.45) is 0 Å². The van der Waals surface area contributed by atoms with Crippen LogP contribution in [0.25, 0.3) is 0 Å². The molecule has 2 aliphatic rings. The van der Waals surface area contributed by atoms with E-state index in [1.54, 1.807) is 0 Å². The molecule has 9 heteroatoms. The quantitative estimate of drug-likeness (QED) is 0.633. The molecule has 0 saturated carbocycles. The summed E-state index contributed by atoms with van der Waals surface area (Å²) in [6.07, 6.45) is 4.32. The van der Waals surface area contributed by atoms with Gasteiger partial charge in [-0.1, -0.05) is 0 Å². The Balaban J connectivity index is 1.83. The average Bonchev–Trinajstić information content (AvgIpc) is 3.17. The predicted octanol–water partition coefficient (Wildman–Crippen LogP) is 3.43. The highest BCUT2D eigenvalue weighted by atomic mass is 31.2. The number of rotatable bonds is 9. The van der Waals surface area contributed by atoms with Gasteiger partial charge < -0.3 is 24.0 Å². The third kappa shape index (κ3) is 5.88. The molecule has 0 aliphatic carbocycles. The molecule has 0 spiro atoms. The van der Waals surface area contributed by atoms with E-state index in [1.807, 2.05) is 19.9 Å². The fraction of sp³-hybridized carbons (Fsp3) is 0.778. The van der Waals surface area contributed by atoms with Crippen molar-refractivity contribution in [1.29, 1.82) is 0 Å². The normalized spacial score (nSPS) is 18.8. The van der Waals surface area contributed by atoms with E-state index in [0.29, 0.717) is 25.1 Å². The van der Waals surface area contributed by atoms with Crippen molar-refractivity contribution in [3.05, 3.63) is 11.9 Å². The predicted molar refractivity (Wildman–Crippen MR) is 106 cm³/mol. The Morgan fingerprint density at radius 3 is 2.48 bits per heavy atom. The third-order valence-electron chi connectivity index (χ3n) is 4.75. The highest BCUT2D eigenvalue weighted by Crippen LogP contribution is 2.50. The van der Waals surface area contributed by atoms with Crippen LogP contribution < -0.4 is 10.2 Å². The van der Waals surface area contributed by atoms with Crippen LogP contribution in [0.2, 0.25) is 0 Å². The van der Waals surface area contributed by atoms with E-state index >= 15 is 0 Å². The number of hydrogen-bond acceptors (Lipinski definition) is 8. The first-order chi connectivity index (χ1) is 13.1. The maximum Gasteiger partial charge on any atom is 0.338 e. The Labute approximate surface area is 161 Å². The number of hydrogen-bond donors (Lipinski definition) is 1. The molecule has 1 aromatic rings. The van der Waals surface area contributed by atoms with Crippen molar-refractivity contribution in [2.75, 3.05) is 49.7 Å². The minimum absolute atomic E-state index is 0.0822. The Kier molecular flexibility index (Phi) is 7.47. The summed E-state index contributed by atoms with van der Waals surface area (Å²) < 4.78 is 29.2. The molecule has 3 rings (SSSR count). The summed E-state index contributed by atoms with van der Waals surface area (Å²) in [6.45, 7) is 7.78. The number of ether oxygens (including phenoxy) is 1. The monoisotopic (exact) mass is 398 g/mol. The molecule has 0 unspecified atom stereocenters. The van der Waals surface area contributed by atoms with Crippen LogP contribution in [0.1, 0.15) is 45.4 Å². The van der Waals surface area contributed by atoms with E-state index in [1.165, 1.54) is 12.8 Å². The summed E-state index contributed by atoms with van der Waals surface area (Å²) in [4.78, 5) is 11.6. The van der Waals surface area contributed by atoms with E-state index in [-0.39, 0.29) is 6.16 Å². The van der Waals surface area contributed by atoms with Crippen LogP contribution in [0.4, 0.5) is 11.6 Å². The van der Waals surface area contributed by atoms with Crippen molar-refractivity contribution in [1.82, 2.24) is 9.97 Å². The Morgan fingerprint density at radius 1 is 1.19 bits per heavy atom. The third-order valence-corrected chi connectivity index (χ3v) is 6.72. The molecule has 27 heavy (non-hydrogen) atoms. The standard InChI is InChI=1S/C18H31N4O4P/c1-3-25-27(23,26-4-2)14-17-20-16(19-15-7-11-24-12-8-15)13-18(21-17)22-9-5-6-10-22/h13,15H,3-12,14H2,1-2H3,(H,19,20,21). The van der Waals surface area contributed by atoms with E-state index in [4.69, 9.17) is 13.8 Å². The first-order valence-corrected chi connectivity index (χ1v) is 11.7. The van der Waals surface area contributed by atoms with Gasteiger partial charge in [-0.25, -0.2) is 9.97 Å². The average molecular weight is 398 g/mol. The largest absolute Gasteiger partial charge is 0.381 e.